The molecule has 4 heteroatoms. The Balaban J connectivity index is 1.85. The second kappa shape index (κ2) is 7.62. The topological polar surface area (TPSA) is 28.4 Å². The standard InChI is InChI=1S/C16H21BrN2O/c1-18-16(13-5-7-14(17)8-6-13)9-10-19(2)12-15-4-3-11-20-15/h3-8,11,16,18H,9-10,12H2,1-2H3. The lowest BCUT2D eigenvalue weighted by atomic mass is 10.0. The number of furan rings is 1. The summed E-state index contributed by atoms with van der Waals surface area (Å²) in [7, 11) is 4.13. The average molecular weight is 337 g/mol. The molecule has 3 nitrogen and oxygen atoms in total. The molecule has 1 atom stereocenters. The molecule has 1 unspecified atom stereocenters. The largest absolute Gasteiger partial charge is 0.468 e. The molecule has 0 aliphatic carbocycles. The predicted octanol–water partition coefficient (Wildman–Crippen LogP) is 3.82. The molecule has 2 aromatic rings. The highest BCUT2D eigenvalue weighted by Gasteiger charge is 2.11. The fraction of sp³-hybridized carbons (Fsp3) is 0.375. The number of rotatable bonds is 7. The number of hydrogen-bond acceptors (Lipinski definition) is 3. The first-order valence-electron chi connectivity index (χ1n) is 6.82. The molecule has 0 amide bonds. The van der Waals surface area contributed by atoms with E-state index < -0.39 is 0 Å². The van der Waals surface area contributed by atoms with Gasteiger partial charge in [0.2, 0.25) is 0 Å². The van der Waals surface area contributed by atoms with Crippen LogP contribution in [0.5, 0.6) is 0 Å². The molecule has 20 heavy (non-hydrogen) atoms. The van der Waals surface area contributed by atoms with Crippen molar-refractivity contribution in [1.29, 1.82) is 0 Å². The first-order chi connectivity index (χ1) is 9.69. The van der Waals surface area contributed by atoms with E-state index in [0.717, 1.165) is 29.7 Å². The van der Waals surface area contributed by atoms with Crippen molar-refractivity contribution in [2.75, 3.05) is 20.6 Å². The van der Waals surface area contributed by atoms with Crippen LogP contribution in [0, 0.1) is 0 Å². The zero-order chi connectivity index (χ0) is 14.4. The lowest BCUT2D eigenvalue weighted by molar-refractivity contribution is 0.278. The zero-order valence-corrected chi connectivity index (χ0v) is 13.6. The molecule has 108 valence electrons. The van der Waals surface area contributed by atoms with E-state index in [1.165, 1.54) is 5.56 Å². The smallest absolute Gasteiger partial charge is 0.117 e. The lowest BCUT2D eigenvalue weighted by Crippen LogP contribution is -2.25. The molecule has 0 aliphatic heterocycles. The Bertz CT molecular complexity index is 496. The number of benzene rings is 1. The maximum Gasteiger partial charge on any atom is 0.117 e. The normalized spacial score (nSPS) is 12.8. The van der Waals surface area contributed by atoms with Crippen LogP contribution in [0.15, 0.2) is 51.6 Å². The number of nitrogens with one attached hydrogen (secondary N) is 1. The molecule has 0 aliphatic rings. The highest BCUT2D eigenvalue weighted by molar-refractivity contribution is 9.10. The SMILES string of the molecule is CNC(CCN(C)Cc1ccco1)c1ccc(Br)cc1. The lowest BCUT2D eigenvalue weighted by Gasteiger charge is -2.21. The van der Waals surface area contributed by atoms with Gasteiger partial charge in [-0.15, -0.1) is 0 Å². The van der Waals surface area contributed by atoms with E-state index in [2.05, 4.69) is 57.5 Å². The van der Waals surface area contributed by atoms with Crippen LogP contribution in [0.1, 0.15) is 23.8 Å². The summed E-state index contributed by atoms with van der Waals surface area (Å²) in [6.07, 6.45) is 2.79. The van der Waals surface area contributed by atoms with Gasteiger partial charge in [-0.1, -0.05) is 28.1 Å². The number of halogens is 1. The summed E-state index contributed by atoms with van der Waals surface area (Å²) < 4.78 is 6.49. The summed E-state index contributed by atoms with van der Waals surface area (Å²) in [5.74, 6) is 1.01. The van der Waals surface area contributed by atoms with Crippen LogP contribution in [0.25, 0.3) is 0 Å². The van der Waals surface area contributed by atoms with Crippen LogP contribution >= 0.6 is 15.9 Å². The third kappa shape index (κ3) is 4.47. The van der Waals surface area contributed by atoms with Crippen molar-refractivity contribution in [1.82, 2.24) is 10.2 Å². The highest BCUT2D eigenvalue weighted by Crippen LogP contribution is 2.19. The van der Waals surface area contributed by atoms with Gasteiger partial charge in [-0.05, 0) is 50.3 Å². The van der Waals surface area contributed by atoms with E-state index in [-0.39, 0.29) is 0 Å². The Labute approximate surface area is 129 Å². The molecule has 1 heterocycles. The second-order valence-electron chi connectivity index (χ2n) is 5.00. The third-order valence-corrected chi connectivity index (χ3v) is 3.95. The molecule has 1 aromatic heterocycles. The van der Waals surface area contributed by atoms with Crippen LogP contribution in [0.2, 0.25) is 0 Å². The van der Waals surface area contributed by atoms with E-state index in [4.69, 9.17) is 4.42 Å². The van der Waals surface area contributed by atoms with Crippen molar-refractivity contribution >= 4 is 15.9 Å². The van der Waals surface area contributed by atoms with Gasteiger partial charge in [0, 0.05) is 17.1 Å². The zero-order valence-electron chi connectivity index (χ0n) is 12.0. The summed E-state index contributed by atoms with van der Waals surface area (Å²) in [6, 6.07) is 12.8. The van der Waals surface area contributed by atoms with Crippen molar-refractivity contribution in [3.05, 3.63) is 58.5 Å². The fourth-order valence-corrected chi connectivity index (χ4v) is 2.53. The molecule has 0 fully saturated rings. The molecular formula is C16H21BrN2O. The van der Waals surface area contributed by atoms with Crippen molar-refractivity contribution in [2.24, 2.45) is 0 Å². The van der Waals surface area contributed by atoms with Gasteiger partial charge in [0.1, 0.15) is 5.76 Å². The Kier molecular flexibility index (Phi) is 5.83. The molecule has 0 radical (unpaired) electrons. The second-order valence-corrected chi connectivity index (χ2v) is 5.91. The molecular weight excluding hydrogens is 316 g/mol. The van der Waals surface area contributed by atoms with Crippen LogP contribution < -0.4 is 5.32 Å². The van der Waals surface area contributed by atoms with Crippen molar-refractivity contribution in [3.63, 3.8) is 0 Å². The Morgan fingerprint density at radius 2 is 2.00 bits per heavy atom. The van der Waals surface area contributed by atoms with Crippen LogP contribution in [-0.2, 0) is 6.54 Å². The fourth-order valence-electron chi connectivity index (χ4n) is 2.27. The Hall–Kier alpha value is -1.10. The van der Waals surface area contributed by atoms with Gasteiger partial charge in [-0.2, -0.15) is 0 Å². The van der Waals surface area contributed by atoms with Crippen molar-refractivity contribution in [3.8, 4) is 0 Å². The number of hydrogen-bond donors (Lipinski definition) is 1. The quantitative estimate of drug-likeness (QED) is 0.832. The van der Waals surface area contributed by atoms with Crippen LogP contribution in [0.4, 0.5) is 0 Å². The maximum absolute atomic E-state index is 5.37. The first kappa shape index (κ1) is 15.3. The minimum absolute atomic E-state index is 0.377. The van der Waals surface area contributed by atoms with Crippen LogP contribution in [-0.4, -0.2) is 25.5 Å². The molecule has 0 saturated heterocycles. The van der Waals surface area contributed by atoms with E-state index in [0.29, 0.717) is 6.04 Å². The van der Waals surface area contributed by atoms with Gasteiger partial charge < -0.3 is 9.73 Å². The van der Waals surface area contributed by atoms with E-state index in [1.54, 1.807) is 6.26 Å². The maximum atomic E-state index is 5.37. The van der Waals surface area contributed by atoms with E-state index >= 15 is 0 Å². The minimum Gasteiger partial charge on any atom is -0.468 e. The summed E-state index contributed by atoms with van der Waals surface area (Å²) in [5, 5.41) is 3.39. The third-order valence-electron chi connectivity index (χ3n) is 3.43. The van der Waals surface area contributed by atoms with Crippen LogP contribution in [0.3, 0.4) is 0 Å². The first-order valence-corrected chi connectivity index (χ1v) is 7.62. The summed E-state index contributed by atoms with van der Waals surface area (Å²) in [5.41, 5.74) is 1.32. The molecule has 2 rings (SSSR count). The van der Waals surface area contributed by atoms with Gasteiger partial charge in [0.25, 0.3) is 0 Å². The Morgan fingerprint density at radius 1 is 1.25 bits per heavy atom. The molecule has 1 N–H and O–H groups in total. The summed E-state index contributed by atoms with van der Waals surface area (Å²) in [4.78, 5) is 2.28. The van der Waals surface area contributed by atoms with Gasteiger partial charge in [0.15, 0.2) is 0 Å². The molecule has 0 spiro atoms. The van der Waals surface area contributed by atoms with Gasteiger partial charge in [0.05, 0.1) is 12.8 Å². The predicted molar refractivity (Wildman–Crippen MR) is 85.6 cm³/mol. The average Bonchev–Trinajstić information content (AvgIpc) is 2.94. The summed E-state index contributed by atoms with van der Waals surface area (Å²) >= 11 is 3.47. The highest BCUT2D eigenvalue weighted by atomic mass is 79.9. The summed E-state index contributed by atoms with van der Waals surface area (Å²) in [6.45, 7) is 1.87. The minimum atomic E-state index is 0.377. The van der Waals surface area contributed by atoms with Gasteiger partial charge in [-0.3, -0.25) is 4.90 Å². The monoisotopic (exact) mass is 336 g/mol. The molecule has 1 aromatic carbocycles. The van der Waals surface area contributed by atoms with Crippen molar-refractivity contribution < 1.29 is 4.42 Å². The van der Waals surface area contributed by atoms with E-state index in [9.17, 15) is 0 Å². The van der Waals surface area contributed by atoms with Crippen molar-refractivity contribution in [2.45, 2.75) is 19.0 Å². The van der Waals surface area contributed by atoms with Gasteiger partial charge >= 0.3 is 0 Å². The number of nitrogens with zero attached hydrogens (tertiary/aromatic N) is 1. The van der Waals surface area contributed by atoms with E-state index in [1.807, 2.05) is 19.2 Å². The molecule has 0 saturated carbocycles. The Morgan fingerprint density at radius 3 is 2.60 bits per heavy atom. The van der Waals surface area contributed by atoms with Gasteiger partial charge in [-0.25, -0.2) is 0 Å². The molecule has 0 bridgehead atoms.